The normalized spacial score (nSPS) is 26.1. The van der Waals surface area contributed by atoms with Crippen molar-refractivity contribution in [3.05, 3.63) is 12.2 Å². The Morgan fingerprint density at radius 1 is 1.62 bits per heavy atom. The number of carboxylic acid groups (broad SMARTS) is 1. The van der Waals surface area contributed by atoms with E-state index in [1.807, 2.05) is 20.8 Å². The van der Waals surface area contributed by atoms with Crippen molar-refractivity contribution >= 4 is 6.09 Å². The van der Waals surface area contributed by atoms with Crippen molar-refractivity contribution in [2.24, 2.45) is 5.92 Å². The molecule has 0 aliphatic carbocycles. The van der Waals surface area contributed by atoms with Crippen molar-refractivity contribution < 1.29 is 9.90 Å². The number of nitrogens with zero attached hydrogens (tertiary/aromatic N) is 1. The first-order chi connectivity index (χ1) is 5.84. The lowest BCUT2D eigenvalue weighted by atomic mass is 9.93. The quantitative estimate of drug-likeness (QED) is 0.634. The van der Waals surface area contributed by atoms with Gasteiger partial charge in [-0.15, -0.1) is 0 Å². The molecule has 0 aromatic rings. The van der Waals surface area contributed by atoms with Gasteiger partial charge in [0.05, 0.1) is 0 Å². The Labute approximate surface area is 79.0 Å². The van der Waals surface area contributed by atoms with E-state index in [1.54, 1.807) is 0 Å². The fourth-order valence-electron chi connectivity index (χ4n) is 1.91. The number of likely N-dealkylation sites (tertiary alicyclic amines) is 1. The maximum atomic E-state index is 10.9. The topological polar surface area (TPSA) is 40.5 Å². The lowest BCUT2D eigenvalue weighted by Gasteiger charge is -2.28. The molecule has 1 saturated heterocycles. The van der Waals surface area contributed by atoms with Crippen molar-refractivity contribution in [3.8, 4) is 0 Å². The second-order valence-corrected chi connectivity index (χ2v) is 4.45. The number of hydrogen-bond donors (Lipinski definition) is 1. The summed E-state index contributed by atoms with van der Waals surface area (Å²) in [6, 6.07) is 0. The molecule has 1 aliphatic heterocycles. The predicted octanol–water partition coefficient (Wildman–Crippen LogP) is 2.34. The lowest BCUT2D eigenvalue weighted by molar-refractivity contribution is 0.117. The van der Waals surface area contributed by atoms with E-state index in [0.29, 0.717) is 12.5 Å². The van der Waals surface area contributed by atoms with E-state index in [4.69, 9.17) is 5.11 Å². The van der Waals surface area contributed by atoms with Gasteiger partial charge in [-0.3, -0.25) is 0 Å². The van der Waals surface area contributed by atoms with E-state index >= 15 is 0 Å². The van der Waals surface area contributed by atoms with E-state index in [-0.39, 0.29) is 5.54 Å². The summed E-state index contributed by atoms with van der Waals surface area (Å²) in [4.78, 5) is 12.4. The number of hydrogen-bond acceptors (Lipinski definition) is 1. The molecule has 0 aromatic heterocycles. The molecule has 13 heavy (non-hydrogen) atoms. The molecule has 1 heterocycles. The Bertz CT molecular complexity index is 245. The minimum absolute atomic E-state index is 0.241. The zero-order valence-electron chi connectivity index (χ0n) is 8.50. The number of rotatable bonds is 1. The van der Waals surface area contributed by atoms with Crippen LogP contribution in [0.25, 0.3) is 0 Å². The van der Waals surface area contributed by atoms with Gasteiger partial charge < -0.3 is 10.0 Å². The monoisotopic (exact) mass is 183 g/mol. The van der Waals surface area contributed by atoms with Crippen molar-refractivity contribution in [3.63, 3.8) is 0 Å². The molecule has 3 heteroatoms. The molecule has 1 N–H and O–H groups in total. The molecule has 1 unspecified atom stereocenters. The minimum atomic E-state index is -0.825. The summed E-state index contributed by atoms with van der Waals surface area (Å²) in [6.45, 7) is 10.4. The highest BCUT2D eigenvalue weighted by Crippen LogP contribution is 2.35. The third-order valence-electron chi connectivity index (χ3n) is 2.81. The van der Waals surface area contributed by atoms with Gasteiger partial charge in [-0.2, -0.15) is 0 Å². The van der Waals surface area contributed by atoms with Crippen molar-refractivity contribution in [2.75, 3.05) is 6.54 Å². The van der Waals surface area contributed by atoms with E-state index in [1.165, 1.54) is 4.90 Å². The van der Waals surface area contributed by atoms with Crippen LogP contribution in [0.1, 0.15) is 27.2 Å². The maximum Gasteiger partial charge on any atom is 0.407 e. The van der Waals surface area contributed by atoms with Gasteiger partial charge in [-0.1, -0.05) is 12.2 Å². The van der Waals surface area contributed by atoms with Gasteiger partial charge in [0.25, 0.3) is 0 Å². The Kier molecular flexibility index (Phi) is 2.37. The Morgan fingerprint density at radius 2 is 2.15 bits per heavy atom. The van der Waals surface area contributed by atoms with Crippen LogP contribution in [0.5, 0.6) is 0 Å². The van der Waals surface area contributed by atoms with Gasteiger partial charge in [0.2, 0.25) is 0 Å². The van der Waals surface area contributed by atoms with E-state index < -0.39 is 6.09 Å². The minimum Gasteiger partial charge on any atom is -0.465 e. The summed E-state index contributed by atoms with van der Waals surface area (Å²) in [5.41, 5.74) is 0.840. The molecule has 1 aliphatic rings. The Balaban J connectivity index is 2.79. The molecule has 3 nitrogen and oxygen atoms in total. The lowest BCUT2D eigenvalue weighted by Crippen LogP contribution is -2.41. The van der Waals surface area contributed by atoms with E-state index in [2.05, 4.69) is 6.58 Å². The summed E-state index contributed by atoms with van der Waals surface area (Å²) in [5.74, 6) is 0.325. The van der Waals surface area contributed by atoms with Crippen LogP contribution >= 0.6 is 0 Å². The third kappa shape index (κ3) is 1.85. The van der Waals surface area contributed by atoms with Crippen molar-refractivity contribution in [1.29, 1.82) is 0 Å². The molecule has 0 aromatic carbocycles. The van der Waals surface area contributed by atoms with Crippen LogP contribution in [-0.4, -0.2) is 28.2 Å². The molecular formula is C10H17NO2. The standard InChI is InChI=1S/C10H17NO2/c1-7(2)8-5-10(3,4)11(6-8)9(12)13/h8H,1,5-6H2,2-4H3,(H,12,13). The van der Waals surface area contributed by atoms with Crippen LogP contribution < -0.4 is 0 Å². The van der Waals surface area contributed by atoms with Gasteiger partial charge >= 0.3 is 6.09 Å². The van der Waals surface area contributed by atoms with Gasteiger partial charge in [-0.05, 0) is 33.1 Å². The summed E-state index contributed by atoms with van der Waals surface area (Å²) in [5, 5.41) is 8.94. The van der Waals surface area contributed by atoms with Gasteiger partial charge in [0.15, 0.2) is 0 Å². The van der Waals surface area contributed by atoms with E-state index in [0.717, 1.165) is 12.0 Å². The first-order valence-corrected chi connectivity index (χ1v) is 4.50. The predicted molar refractivity (Wildman–Crippen MR) is 51.7 cm³/mol. The molecular weight excluding hydrogens is 166 g/mol. The fraction of sp³-hybridized carbons (Fsp3) is 0.700. The van der Waals surface area contributed by atoms with Gasteiger partial charge in [0.1, 0.15) is 0 Å². The fourth-order valence-corrected chi connectivity index (χ4v) is 1.91. The highest BCUT2D eigenvalue weighted by atomic mass is 16.4. The van der Waals surface area contributed by atoms with Gasteiger partial charge in [-0.25, -0.2) is 4.79 Å². The van der Waals surface area contributed by atoms with Crippen LogP contribution in [0.4, 0.5) is 4.79 Å². The van der Waals surface area contributed by atoms with Crippen molar-refractivity contribution in [2.45, 2.75) is 32.7 Å². The molecule has 0 saturated carbocycles. The Hall–Kier alpha value is -0.990. The zero-order valence-corrected chi connectivity index (χ0v) is 8.50. The summed E-state index contributed by atoms with van der Waals surface area (Å²) >= 11 is 0. The van der Waals surface area contributed by atoms with Crippen LogP contribution in [0.3, 0.4) is 0 Å². The number of carbonyl (C=O) groups is 1. The van der Waals surface area contributed by atoms with E-state index in [9.17, 15) is 4.79 Å². The molecule has 1 atom stereocenters. The average Bonchev–Trinajstić information content (AvgIpc) is 2.25. The van der Waals surface area contributed by atoms with Crippen LogP contribution in [0, 0.1) is 5.92 Å². The highest BCUT2D eigenvalue weighted by molar-refractivity contribution is 5.66. The molecule has 0 bridgehead atoms. The third-order valence-corrected chi connectivity index (χ3v) is 2.81. The molecule has 1 rings (SSSR count). The molecule has 0 spiro atoms. The highest BCUT2D eigenvalue weighted by Gasteiger charge is 2.41. The second-order valence-electron chi connectivity index (χ2n) is 4.45. The maximum absolute atomic E-state index is 10.9. The second kappa shape index (κ2) is 3.05. The van der Waals surface area contributed by atoms with Crippen LogP contribution in [0.2, 0.25) is 0 Å². The zero-order chi connectivity index (χ0) is 10.2. The van der Waals surface area contributed by atoms with Crippen LogP contribution in [0.15, 0.2) is 12.2 Å². The number of amides is 1. The molecule has 0 radical (unpaired) electrons. The summed E-state index contributed by atoms with van der Waals surface area (Å²) in [6.07, 6.45) is 0.0583. The molecule has 74 valence electrons. The largest absolute Gasteiger partial charge is 0.465 e. The first-order valence-electron chi connectivity index (χ1n) is 4.50. The smallest absolute Gasteiger partial charge is 0.407 e. The van der Waals surface area contributed by atoms with Gasteiger partial charge in [0, 0.05) is 12.1 Å². The SMILES string of the molecule is C=C(C)C1CN(C(=O)O)C(C)(C)C1. The Morgan fingerprint density at radius 3 is 2.38 bits per heavy atom. The summed E-state index contributed by atoms with van der Waals surface area (Å²) < 4.78 is 0. The first kappa shape index (κ1) is 10.1. The van der Waals surface area contributed by atoms with Crippen LogP contribution in [-0.2, 0) is 0 Å². The molecule has 1 amide bonds. The average molecular weight is 183 g/mol. The molecule has 1 fully saturated rings. The van der Waals surface area contributed by atoms with Crippen molar-refractivity contribution in [1.82, 2.24) is 4.90 Å². The summed E-state index contributed by atoms with van der Waals surface area (Å²) in [7, 11) is 0.